The predicted octanol–water partition coefficient (Wildman–Crippen LogP) is 3.49. The number of nitrogen functional groups attached to an aromatic ring is 1. The first-order chi connectivity index (χ1) is 9.51. The van der Waals surface area contributed by atoms with E-state index < -0.39 is 0 Å². The predicted molar refractivity (Wildman–Crippen MR) is 81.5 cm³/mol. The normalized spacial score (nSPS) is 10.2. The quantitative estimate of drug-likeness (QED) is 0.851. The number of nitrogens with two attached hydrogens (primary N) is 1. The molecule has 0 saturated heterocycles. The Morgan fingerprint density at radius 1 is 1.25 bits per heavy atom. The number of methoxy groups -OCH3 is 1. The van der Waals surface area contributed by atoms with Gasteiger partial charge in [-0.15, -0.1) is 0 Å². The molecule has 2 rings (SSSR count). The van der Waals surface area contributed by atoms with E-state index in [0.29, 0.717) is 22.0 Å². The second kappa shape index (κ2) is 5.84. The summed E-state index contributed by atoms with van der Waals surface area (Å²) in [6, 6.07) is 10.2. The first kappa shape index (κ1) is 14.2. The highest BCUT2D eigenvalue weighted by Gasteiger charge is 2.12. The van der Waals surface area contributed by atoms with Crippen molar-refractivity contribution in [2.24, 2.45) is 0 Å². The minimum Gasteiger partial charge on any atom is -0.497 e. The van der Waals surface area contributed by atoms with Crippen LogP contribution in [0.1, 0.15) is 15.9 Å². The van der Waals surface area contributed by atoms with Crippen molar-refractivity contribution in [1.82, 2.24) is 0 Å². The number of carbonyl (C=O) groups excluding carboxylic acids is 1. The van der Waals surface area contributed by atoms with Crippen LogP contribution in [0.5, 0.6) is 5.75 Å². The van der Waals surface area contributed by atoms with Crippen molar-refractivity contribution in [3.8, 4) is 5.75 Å². The van der Waals surface area contributed by atoms with Crippen LogP contribution in [0.4, 0.5) is 11.4 Å². The summed E-state index contributed by atoms with van der Waals surface area (Å²) in [5.74, 6) is 0.443. The van der Waals surface area contributed by atoms with Crippen LogP contribution in [-0.2, 0) is 0 Å². The molecule has 3 N–H and O–H groups in total. The van der Waals surface area contributed by atoms with E-state index in [1.165, 1.54) is 0 Å². The molecule has 0 unspecified atom stereocenters. The average molecular weight is 291 g/mol. The number of carbonyl (C=O) groups is 1. The number of anilines is 2. The van der Waals surface area contributed by atoms with Crippen LogP contribution in [0, 0.1) is 6.92 Å². The van der Waals surface area contributed by atoms with Gasteiger partial charge in [0.2, 0.25) is 0 Å². The fraction of sp³-hybridized carbons (Fsp3) is 0.133. The van der Waals surface area contributed by atoms with Gasteiger partial charge in [0.15, 0.2) is 0 Å². The molecule has 4 nitrogen and oxygen atoms in total. The lowest BCUT2D eigenvalue weighted by atomic mass is 10.1. The molecule has 0 aliphatic heterocycles. The Labute approximate surface area is 122 Å². The Hall–Kier alpha value is -2.20. The van der Waals surface area contributed by atoms with Crippen molar-refractivity contribution < 1.29 is 9.53 Å². The molecule has 20 heavy (non-hydrogen) atoms. The summed E-state index contributed by atoms with van der Waals surface area (Å²) in [6.07, 6.45) is 0. The number of rotatable bonds is 3. The molecule has 0 heterocycles. The Bertz CT molecular complexity index is 656. The highest BCUT2D eigenvalue weighted by Crippen LogP contribution is 2.24. The first-order valence-electron chi connectivity index (χ1n) is 6.02. The van der Waals surface area contributed by atoms with Gasteiger partial charge in [-0.2, -0.15) is 0 Å². The van der Waals surface area contributed by atoms with E-state index in [1.807, 2.05) is 13.0 Å². The van der Waals surface area contributed by atoms with Crippen LogP contribution in [0.3, 0.4) is 0 Å². The van der Waals surface area contributed by atoms with Crippen molar-refractivity contribution in [2.75, 3.05) is 18.2 Å². The summed E-state index contributed by atoms with van der Waals surface area (Å²) in [5, 5.41) is 3.18. The number of amides is 1. The van der Waals surface area contributed by atoms with Crippen LogP contribution >= 0.6 is 11.6 Å². The van der Waals surface area contributed by atoms with Gasteiger partial charge in [0.1, 0.15) is 5.75 Å². The third-order valence-electron chi connectivity index (χ3n) is 2.92. The summed E-state index contributed by atoms with van der Waals surface area (Å²) in [7, 11) is 1.60. The van der Waals surface area contributed by atoms with Gasteiger partial charge in [-0.25, -0.2) is 0 Å². The van der Waals surface area contributed by atoms with E-state index in [1.54, 1.807) is 37.4 Å². The highest BCUT2D eigenvalue weighted by molar-refractivity contribution is 6.34. The Morgan fingerprint density at radius 2 is 2.00 bits per heavy atom. The molecule has 0 aliphatic rings. The molecule has 2 aromatic carbocycles. The average Bonchev–Trinajstić information content (AvgIpc) is 2.43. The molecule has 0 bridgehead atoms. The number of aryl methyl sites for hydroxylation is 1. The summed E-state index contributed by atoms with van der Waals surface area (Å²) in [6.45, 7) is 1.89. The summed E-state index contributed by atoms with van der Waals surface area (Å²) >= 11 is 6.01. The van der Waals surface area contributed by atoms with Crippen molar-refractivity contribution in [1.29, 1.82) is 0 Å². The summed E-state index contributed by atoms with van der Waals surface area (Å²) in [4.78, 5) is 12.2. The van der Waals surface area contributed by atoms with Gasteiger partial charge < -0.3 is 15.8 Å². The number of benzene rings is 2. The number of halogens is 1. The van der Waals surface area contributed by atoms with Crippen molar-refractivity contribution in [2.45, 2.75) is 6.92 Å². The molecule has 0 saturated carbocycles. The van der Waals surface area contributed by atoms with Crippen LogP contribution in [0.2, 0.25) is 5.02 Å². The lowest BCUT2D eigenvalue weighted by molar-refractivity contribution is 0.102. The number of hydrogen-bond donors (Lipinski definition) is 2. The minimum absolute atomic E-state index is 0.296. The zero-order valence-electron chi connectivity index (χ0n) is 11.2. The maximum absolute atomic E-state index is 12.2. The van der Waals surface area contributed by atoms with Crippen LogP contribution in [0.15, 0.2) is 36.4 Å². The van der Waals surface area contributed by atoms with E-state index in [9.17, 15) is 4.79 Å². The molecule has 0 atom stereocenters. The Balaban J connectivity index is 2.25. The molecular weight excluding hydrogens is 276 g/mol. The van der Waals surface area contributed by atoms with Crippen LogP contribution < -0.4 is 15.8 Å². The molecule has 0 aromatic heterocycles. The molecular formula is C15H15ClN2O2. The van der Waals surface area contributed by atoms with Gasteiger partial charge >= 0.3 is 0 Å². The Kier molecular flexibility index (Phi) is 4.15. The zero-order chi connectivity index (χ0) is 14.7. The van der Waals surface area contributed by atoms with Crippen LogP contribution in [-0.4, -0.2) is 13.0 Å². The number of nitrogens with one attached hydrogen (secondary N) is 1. The van der Waals surface area contributed by atoms with Gasteiger partial charge in [-0.1, -0.05) is 11.6 Å². The zero-order valence-corrected chi connectivity index (χ0v) is 12.0. The van der Waals surface area contributed by atoms with Crippen molar-refractivity contribution >= 4 is 28.9 Å². The smallest absolute Gasteiger partial charge is 0.257 e. The third-order valence-corrected chi connectivity index (χ3v) is 3.25. The van der Waals surface area contributed by atoms with Crippen molar-refractivity contribution in [3.63, 3.8) is 0 Å². The van der Waals surface area contributed by atoms with Crippen LogP contribution in [0.25, 0.3) is 0 Å². The van der Waals surface area contributed by atoms with Gasteiger partial charge in [0, 0.05) is 11.4 Å². The van der Waals surface area contributed by atoms with Gasteiger partial charge in [-0.3, -0.25) is 4.79 Å². The summed E-state index contributed by atoms with van der Waals surface area (Å²) < 4.78 is 5.12. The second-order valence-corrected chi connectivity index (χ2v) is 4.78. The maximum atomic E-state index is 12.2. The third kappa shape index (κ3) is 3.03. The number of ether oxygens (including phenoxy) is 1. The molecule has 104 valence electrons. The minimum atomic E-state index is -0.296. The molecule has 5 heteroatoms. The molecule has 0 spiro atoms. The second-order valence-electron chi connectivity index (χ2n) is 4.37. The van der Waals surface area contributed by atoms with E-state index in [0.717, 1.165) is 11.3 Å². The van der Waals surface area contributed by atoms with E-state index in [-0.39, 0.29) is 5.91 Å². The lowest BCUT2D eigenvalue weighted by Gasteiger charge is -2.11. The molecule has 2 aromatic rings. The fourth-order valence-electron chi connectivity index (χ4n) is 1.81. The van der Waals surface area contributed by atoms with Gasteiger partial charge in [0.05, 0.1) is 17.7 Å². The molecule has 0 fully saturated rings. The highest BCUT2D eigenvalue weighted by atomic mass is 35.5. The maximum Gasteiger partial charge on any atom is 0.257 e. The molecule has 0 radical (unpaired) electrons. The van der Waals surface area contributed by atoms with Gasteiger partial charge in [0.25, 0.3) is 5.91 Å². The molecule has 1 amide bonds. The first-order valence-corrected chi connectivity index (χ1v) is 6.40. The topological polar surface area (TPSA) is 64.3 Å². The van der Waals surface area contributed by atoms with E-state index in [2.05, 4.69) is 5.32 Å². The summed E-state index contributed by atoms with van der Waals surface area (Å²) in [5.41, 5.74) is 8.12. The Morgan fingerprint density at radius 3 is 2.65 bits per heavy atom. The van der Waals surface area contributed by atoms with Crippen molar-refractivity contribution in [3.05, 3.63) is 52.5 Å². The fourth-order valence-corrected chi connectivity index (χ4v) is 2.01. The monoisotopic (exact) mass is 290 g/mol. The SMILES string of the molecule is COc1ccc(NC(=O)c2cc(N)ccc2Cl)c(C)c1. The molecule has 0 aliphatic carbocycles. The largest absolute Gasteiger partial charge is 0.497 e. The van der Waals surface area contributed by atoms with E-state index >= 15 is 0 Å². The number of hydrogen-bond acceptors (Lipinski definition) is 3. The lowest BCUT2D eigenvalue weighted by Crippen LogP contribution is -2.13. The van der Waals surface area contributed by atoms with E-state index in [4.69, 9.17) is 22.1 Å². The standard InChI is InChI=1S/C15H15ClN2O2/c1-9-7-11(20-2)4-6-14(9)18-15(19)12-8-10(17)3-5-13(12)16/h3-8H,17H2,1-2H3,(H,18,19). The van der Waals surface area contributed by atoms with Gasteiger partial charge in [-0.05, 0) is 48.9 Å².